The number of fused-ring (bicyclic) bond motifs is 1. The highest BCUT2D eigenvalue weighted by molar-refractivity contribution is 9.10. The van der Waals surface area contributed by atoms with Gasteiger partial charge < -0.3 is 4.74 Å². The van der Waals surface area contributed by atoms with Gasteiger partial charge >= 0.3 is 0 Å². The highest BCUT2D eigenvalue weighted by Gasteiger charge is 2.28. The van der Waals surface area contributed by atoms with Crippen LogP contribution in [-0.2, 0) is 10.0 Å². The van der Waals surface area contributed by atoms with E-state index in [2.05, 4.69) is 20.7 Å². The van der Waals surface area contributed by atoms with E-state index in [0.717, 1.165) is 5.56 Å². The monoisotopic (exact) mass is 387 g/mol. The summed E-state index contributed by atoms with van der Waals surface area (Å²) in [4.78, 5) is 0.156. The third kappa shape index (κ3) is 2.94. The van der Waals surface area contributed by atoms with Crippen LogP contribution in [0.3, 0.4) is 0 Å². The SMILES string of the molecule is O=S(=O)(NC1COc2ccccc21)c1ccc(Cl)c(Br)c1. The van der Waals surface area contributed by atoms with Crippen molar-refractivity contribution >= 4 is 37.6 Å². The molecule has 110 valence electrons. The first kappa shape index (κ1) is 14.8. The zero-order valence-corrected chi connectivity index (χ0v) is 13.9. The highest BCUT2D eigenvalue weighted by atomic mass is 79.9. The number of halogens is 2. The highest BCUT2D eigenvalue weighted by Crippen LogP contribution is 2.33. The summed E-state index contributed by atoms with van der Waals surface area (Å²) in [6, 6.07) is 11.5. The number of rotatable bonds is 3. The number of para-hydroxylation sites is 1. The van der Waals surface area contributed by atoms with Gasteiger partial charge in [0.15, 0.2) is 0 Å². The number of benzene rings is 2. The lowest BCUT2D eigenvalue weighted by Crippen LogP contribution is -2.29. The van der Waals surface area contributed by atoms with E-state index in [9.17, 15) is 8.42 Å². The second kappa shape index (κ2) is 5.61. The lowest BCUT2D eigenvalue weighted by atomic mass is 10.1. The standard InChI is InChI=1S/C14H11BrClNO3S/c15-11-7-9(5-6-12(11)16)21(18,19)17-13-8-20-14-4-2-1-3-10(13)14/h1-7,13,17H,8H2. The van der Waals surface area contributed by atoms with E-state index in [-0.39, 0.29) is 17.5 Å². The van der Waals surface area contributed by atoms with Gasteiger partial charge in [-0.1, -0.05) is 29.8 Å². The van der Waals surface area contributed by atoms with Crippen LogP contribution in [0.4, 0.5) is 0 Å². The van der Waals surface area contributed by atoms with Crippen LogP contribution in [0.2, 0.25) is 5.02 Å². The minimum atomic E-state index is -3.64. The fourth-order valence-corrected chi connectivity index (χ4v) is 4.03. The van der Waals surface area contributed by atoms with Crippen molar-refractivity contribution in [2.45, 2.75) is 10.9 Å². The van der Waals surface area contributed by atoms with Crippen LogP contribution >= 0.6 is 27.5 Å². The van der Waals surface area contributed by atoms with Gasteiger partial charge in [0, 0.05) is 10.0 Å². The Morgan fingerprint density at radius 3 is 2.76 bits per heavy atom. The second-order valence-electron chi connectivity index (χ2n) is 4.60. The second-order valence-corrected chi connectivity index (χ2v) is 7.57. The van der Waals surface area contributed by atoms with Gasteiger partial charge in [0.2, 0.25) is 10.0 Å². The summed E-state index contributed by atoms with van der Waals surface area (Å²) in [5, 5.41) is 0.462. The van der Waals surface area contributed by atoms with E-state index in [0.29, 0.717) is 15.2 Å². The predicted octanol–water partition coefficient (Wildman–Crippen LogP) is 3.51. The Balaban J connectivity index is 1.89. The molecule has 1 atom stereocenters. The Morgan fingerprint density at radius 2 is 2.00 bits per heavy atom. The molecule has 0 saturated heterocycles. The molecule has 1 aliphatic heterocycles. The summed E-state index contributed by atoms with van der Waals surface area (Å²) in [6.07, 6.45) is 0. The van der Waals surface area contributed by atoms with Crippen molar-refractivity contribution in [2.75, 3.05) is 6.61 Å². The van der Waals surface area contributed by atoms with Crippen molar-refractivity contribution in [3.8, 4) is 5.75 Å². The van der Waals surface area contributed by atoms with Gasteiger partial charge in [-0.05, 0) is 40.2 Å². The van der Waals surface area contributed by atoms with Gasteiger partial charge in [-0.15, -0.1) is 0 Å². The lowest BCUT2D eigenvalue weighted by molar-refractivity contribution is 0.325. The lowest BCUT2D eigenvalue weighted by Gasteiger charge is -2.12. The quantitative estimate of drug-likeness (QED) is 0.875. The van der Waals surface area contributed by atoms with Crippen molar-refractivity contribution < 1.29 is 13.2 Å². The average molecular weight is 389 g/mol. The van der Waals surface area contributed by atoms with Crippen LogP contribution < -0.4 is 9.46 Å². The maximum absolute atomic E-state index is 12.4. The summed E-state index contributed by atoms with van der Waals surface area (Å²) in [5.41, 5.74) is 0.842. The van der Waals surface area contributed by atoms with E-state index < -0.39 is 10.0 Å². The average Bonchev–Trinajstić information content (AvgIpc) is 2.85. The van der Waals surface area contributed by atoms with Gasteiger partial charge in [0.05, 0.1) is 16.0 Å². The molecule has 1 heterocycles. The fraction of sp³-hybridized carbons (Fsp3) is 0.143. The molecule has 1 aliphatic rings. The molecule has 0 radical (unpaired) electrons. The largest absolute Gasteiger partial charge is 0.491 e. The summed E-state index contributed by atoms with van der Waals surface area (Å²) < 4.78 is 33.5. The third-order valence-electron chi connectivity index (χ3n) is 3.20. The van der Waals surface area contributed by atoms with E-state index in [1.165, 1.54) is 12.1 Å². The van der Waals surface area contributed by atoms with E-state index in [1.54, 1.807) is 6.07 Å². The third-order valence-corrected chi connectivity index (χ3v) is 5.88. The summed E-state index contributed by atoms with van der Waals surface area (Å²) >= 11 is 9.11. The Hall–Kier alpha value is -1.08. The number of hydrogen-bond acceptors (Lipinski definition) is 3. The first-order chi connectivity index (χ1) is 9.97. The minimum Gasteiger partial charge on any atom is -0.491 e. The molecule has 0 amide bonds. The molecule has 0 bridgehead atoms. The Morgan fingerprint density at radius 1 is 1.24 bits per heavy atom. The van der Waals surface area contributed by atoms with Crippen LogP contribution in [0.5, 0.6) is 5.75 Å². The Bertz CT molecular complexity index is 795. The van der Waals surface area contributed by atoms with Crippen molar-refractivity contribution in [1.29, 1.82) is 0 Å². The van der Waals surface area contributed by atoms with Gasteiger partial charge in [0.25, 0.3) is 0 Å². The number of sulfonamides is 1. The molecular formula is C14H11BrClNO3S. The van der Waals surface area contributed by atoms with Crippen molar-refractivity contribution in [3.05, 3.63) is 57.5 Å². The molecular weight excluding hydrogens is 378 g/mol. The molecule has 7 heteroatoms. The molecule has 2 aromatic rings. The van der Waals surface area contributed by atoms with E-state index in [4.69, 9.17) is 16.3 Å². The Kier molecular flexibility index (Phi) is 3.96. The minimum absolute atomic E-state index is 0.156. The van der Waals surface area contributed by atoms with E-state index in [1.807, 2.05) is 24.3 Å². The summed E-state index contributed by atoms with van der Waals surface area (Å²) in [5.74, 6) is 0.711. The molecule has 4 nitrogen and oxygen atoms in total. The van der Waals surface area contributed by atoms with Gasteiger partial charge in [-0.2, -0.15) is 0 Å². The number of nitrogens with one attached hydrogen (secondary N) is 1. The molecule has 3 rings (SSSR count). The topological polar surface area (TPSA) is 55.4 Å². The molecule has 0 saturated carbocycles. The molecule has 21 heavy (non-hydrogen) atoms. The molecule has 1 unspecified atom stereocenters. The number of ether oxygens (including phenoxy) is 1. The van der Waals surface area contributed by atoms with Crippen molar-refractivity contribution in [2.24, 2.45) is 0 Å². The maximum atomic E-state index is 12.4. The summed E-state index contributed by atoms with van der Waals surface area (Å²) in [7, 11) is -3.64. The zero-order valence-electron chi connectivity index (χ0n) is 10.7. The maximum Gasteiger partial charge on any atom is 0.241 e. The van der Waals surface area contributed by atoms with Crippen LogP contribution in [0, 0.1) is 0 Å². The van der Waals surface area contributed by atoms with Gasteiger partial charge in [-0.3, -0.25) is 0 Å². The fourth-order valence-electron chi connectivity index (χ4n) is 2.16. The molecule has 2 aromatic carbocycles. The molecule has 1 N–H and O–H groups in total. The van der Waals surface area contributed by atoms with Crippen LogP contribution in [0.25, 0.3) is 0 Å². The molecule has 0 aromatic heterocycles. The van der Waals surface area contributed by atoms with Crippen molar-refractivity contribution in [1.82, 2.24) is 4.72 Å². The first-order valence-electron chi connectivity index (χ1n) is 6.16. The van der Waals surface area contributed by atoms with E-state index >= 15 is 0 Å². The molecule has 0 spiro atoms. The van der Waals surface area contributed by atoms with Gasteiger partial charge in [0.1, 0.15) is 12.4 Å². The number of hydrogen-bond donors (Lipinski definition) is 1. The van der Waals surface area contributed by atoms with Gasteiger partial charge in [-0.25, -0.2) is 13.1 Å². The zero-order chi connectivity index (χ0) is 15.0. The van der Waals surface area contributed by atoms with Crippen LogP contribution in [0.15, 0.2) is 51.8 Å². The normalized spacial score (nSPS) is 17.3. The molecule has 0 fully saturated rings. The van der Waals surface area contributed by atoms with Crippen LogP contribution in [-0.4, -0.2) is 15.0 Å². The van der Waals surface area contributed by atoms with Crippen LogP contribution in [0.1, 0.15) is 11.6 Å². The Labute approximate surface area is 136 Å². The van der Waals surface area contributed by atoms with Crippen molar-refractivity contribution in [3.63, 3.8) is 0 Å². The summed E-state index contributed by atoms with van der Waals surface area (Å²) in [6.45, 7) is 0.285. The smallest absolute Gasteiger partial charge is 0.241 e. The molecule has 0 aliphatic carbocycles. The first-order valence-corrected chi connectivity index (χ1v) is 8.82. The predicted molar refractivity (Wildman–Crippen MR) is 84.2 cm³/mol.